The quantitative estimate of drug-likeness (QED) is 0.620. The number of alkyl halides is 2. The van der Waals surface area contributed by atoms with Crippen LogP contribution in [-0.2, 0) is 9.53 Å². The van der Waals surface area contributed by atoms with Gasteiger partial charge in [0.2, 0.25) is 11.6 Å². The predicted octanol–water partition coefficient (Wildman–Crippen LogP) is 1.42. The van der Waals surface area contributed by atoms with Crippen molar-refractivity contribution in [2.24, 2.45) is 0 Å². The monoisotopic (exact) mass is 166 g/mol. The number of halogens is 3. The van der Waals surface area contributed by atoms with Crippen LogP contribution in [0, 0.1) is 0 Å². The van der Waals surface area contributed by atoms with Crippen LogP contribution in [0.5, 0.6) is 0 Å². The van der Waals surface area contributed by atoms with Gasteiger partial charge >= 0.3 is 5.92 Å². The van der Waals surface area contributed by atoms with Gasteiger partial charge in [-0.3, -0.25) is 4.79 Å². The van der Waals surface area contributed by atoms with Gasteiger partial charge < -0.3 is 4.74 Å². The van der Waals surface area contributed by atoms with Crippen molar-refractivity contribution in [3.05, 3.63) is 11.6 Å². The molecule has 0 heterocycles. The fourth-order valence-electron chi connectivity index (χ4n) is 0.718. The van der Waals surface area contributed by atoms with Gasteiger partial charge in [0, 0.05) is 0 Å². The molecule has 1 aliphatic rings. The number of ketones is 1. The molecule has 0 atom stereocenters. The second-order valence-electron chi connectivity index (χ2n) is 1.98. The minimum Gasteiger partial charge on any atom is -0.489 e. The number of rotatable bonds is 2. The summed E-state index contributed by atoms with van der Waals surface area (Å²) in [7, 11) is 0. The Morgan fingerprint density at radius 2 is 2.09 bits per heavy atom. The fraction of sp³-hybridized carbons (Fsp3) is 0.500. The topological polar surface area (TPSA) is 26.3 Å². The molecule has 0 saturated carbocycles. The van der Waals surface area contributed by atoms with Crippen LogP contribution in [0.3, 0.4) is 0 Å². The van der Waals surface area contributed by atoms with Crippen molar-refractivity contribution < 1.29 is 22.7 Å². The van der Waals surface area contributed by atoms with Gasteiger partial charge in [0.05, 0.1) is 6.61 Å². The summed E-state index contributed by atoms with van der Waals surface area (Å²) in [5, 5.41) is 0. The standard InChI is InChI=1S/C6H5F3O2/c1-2-11-5-3(7)4(10)6(5,8)9/h2H2,1H3. The Labute approximate surface area is 60.6 Å². The van der Waals surface area contributed by atoms with E-state index in [-0.39, 0.29) is 6.61 Å². The molecule has 0 fully saturated rings. The van der Waals surface area contributed by atoms with Crippen LogP contribution in [0.2, 0.25) is 0 Å². The first-order chi connectivity index (χ1) is 5.01. The number of carbonyl (C=O) groups excluding carboxylic acids is 1. The predicted molar refractivity (Wildman–Crippen MR) is 29.7 cm³/mol. The lowest BCUT2D eigenvalue weighted by Gasteiger charge is -2.25. The third-order valence-corrected chi connectivity index (χ3v) is 1.26. The molecule has 0 aromatic rings. The highest BCUT2D eigenvalue weighted by molar-refractivity contribution is 6.08. The van der Waals surface area contributed by atoms with E-state index in [4.69, 9.17) is 0 Å². The Morgan fingerprint density at radius 1 is 1.55 bits per heavy atom. The normalized spacial score (nSPS) is 21.6. The molecule has 0 aromatic carbocycles. The summed E-state index contributed by atoms with van der Waals surface area (Å²) in [6, 6.07) is 0. The highest BCUT2D eigenvalue weighted by atomic mass is 19.3. The minimum atomic E-state index is -3.74. The van der Waals surface area contributed by atoms with Crippen molar-refractivity contribution in [2.75, 3.05) is 6.61 Å². The Morgan fingerprint density at radius 3 is 2.45 bits per heavy atom. The zero-order valence-electron chi connectivity index (χ0n) is 5.66. The molecule has 0 spiro atoms. The molecule has 0 N–H and O–H groups in total. The average molecular weight is 166 g/mol. The lowest BCUT2D eigenvalue weighted by Crippen LogP contribution is -2.43. The van der Waals surface area contributed by atoms with Gasteiger partial charge in [-0.05, 0) is 6.92 Å². The van der Waals surface area contributed by atoms with Crippen molar-refractivity contribution in [3.63, 3.8) is 0 Å². The maximum absolute atomic E-state index is 12.3. The third-order valence-electron chi connectivity index (χ3n) is 1.26. The first-order valence-electron chi connectivity index (χ1n) is 2.97. The molecular formula is C6H5F3O2. The first-order valence-corrected chi connectivity index (χ1v) is 2.97. The number of hydrogen-bond donors (Lipinski definition) is 0. The van der Waals surface area contributed by atoms with Gasteiger partial charge in [0.15, 0.2) is 0 Å². The van der Waals surface area contributed by atoms with Gasteiger partial charge in [-0.15, -0.1) is 0 Å². The van der Waals surface area contributed by atoms with E-state index in [2.05, 4.69) is 4.74 Å². The molecule has 0 radical (unpaired) electrons. The number of hydrogen-bond acceptors (Lipinski definition) is 2. The lowest BCUT2D eigenvalue weighted by molar-refractivity contribution is -0.149. The van der Waals surface area contributed by atoms with E-state index >= 15 is 0 Å². The van der Waals surface area contributed by atoms with Crippen LogP contribution in [0.15, 0.2) is 11.6 Å². The molecule has 11 heavy (non-hydrogen) atoms. The maximum atomic E-state index is 12.3. The number of ether oxygens (including phenoxy) is 1. The van der Waals surface area contributed by atoms with E-state index < -0.39 is 23.3 Å². The fourth-order valence-corrected chi connectivity index (χ4v) is 0.718. The van der Waals surface area contributed by atoms with Gasteiger partial charge in [-0.25, -0.2) is 0 Å². The molecule has 2 nitrogen and oxygen atoms in total. The summed E-state index contributed by atoms with van der Waals surface area (Å²) in [5.41, 5.74) is 0. The van der Waals surface area contributed by atoms with Crippen LogP contribution in [-0.4, -0.2) is 18.3 Å². The van der Waals surface area contributed by atoms with Crippen LogP contribution in [0.4, 0.5) is 13.2 Å². The Kier molecular flexibility index (Phi) is 1.66. The second-order valence-corrected chi connectivity index (χ2v) is 1.98. The average Bonchev–Trinajstić information content (AvgIpc) is 1.98. The molecule has 0 aliphatic heterocycles. The number of carbonyl (C=O) groups is 1. The van der Waals surface area contributed by atoms with Gasteiger partial charge in [-0.2, -0.15) is 13.2 Å². The summed E-state index contributed by atoms with van der Waals surface area (Å²) in [6.45, 7) is 1.35. The van der Waals surface area contributed by atoms with Crippen LogP contribution in [0.25, 0.3) is 0 Å². The summed E-state index contributed by atoms with van der Waals surface area (Å²) in [5.74, 6) is -8.12. The largest absolute Gasteiger partial charge is 0.489 e. The third kappa shape index (κ3) is 0.911. The van der Waals surface area contributed by atoms with Crippen molar-refractivity contribution in [1.82, 2.24) is 0 Å². The molecule has 1 aliphatic carbocycles. The van der Waals surface area contributed by atoms with Crippen LogP contribution < -0.4 is 0 Å². The SMILES string of the molecule is CCOC1=C(F)C(=O)C1(F)F. The minimum absolute atomic E-state index is 0.0778. The van der Waals surface area contributed by atoms with Crippen molar-refractivity contribution in [2.45, 2.75) is 12.8 Å². The highest BCUT2D eigenvalue weighted by Crippen LogP contribution is 2.41. The Hall–Kier alpha value is -1.00. The molecule has 0 unspecified atom stereocenters. The van der Waals surface area contributed by atoms with Crippen LogP contribution >= 0.6 is 0 Å². The van der Waals surface area contributed by atoms with Crippen molar-refractivity contribution >= 4 is 5.78 Å². The highest BCUT2D eigenvalue weighted by Gasteiger charge is 2.59. The molecule has 62 valence electrons. The molecule has 5 heteroatoms. The summed E-state index contributed by atoms with van der Waals surface area (Å²) in [4.78, 5) is 10.1. The zero-order chi connectivity index (χ0) is 8.65. The smallest absolute Gasteiger partial charge is 0.371 e. The van der Waals surface area contributed by atoms with Gasteiger partial charge in [0.1, 0.15) is 0 Å². The molecule has 0 saturated heterocycles. The summed E-state index contributed by atoms with van der Waals surface area (Å²) < 4.78 is 40.9. The van der Waals surface area contributed by atoms with E-state index in [9.17, 15) is 18.0 Å². The van der Waals surface area contributed by atoms with E-state index in [1.165, 1.54) is 6.92 Å². The van der Waals surface area contributed by atoms with Crippen LogP contribution in [0.1, 0.15) is 6.92 Å². The van der Waals surface area contributed by atoms with Crippen molar-refractivity contribution in [3.8, 4) is 0 Å². The van der Waals surface area contributed by atoms with E-state index in [0.29, 0.717) is 0 Å². The first kappa shape index (κ1) is 8.10. The van der Waals surface area contributed by atoms with Gasteiger partial charge in [0.25, 0.3) is 5.78 Å². The van der Waals surface area contributed by atoms with Gasteiger partial charge in [-0.1, -0.05) is 0 Å². The second kappa shape index (κ2) is 2.25. The molecule has 0 aromatic heterocycles. The Balaban J connectivity index is 2.87. The lowest BCUT2D eigenvalue weighted by atomic mass is 10.00. The Bertz CT molecular complexity index is 232. The van der Waals surface area contributed by atoms with E-state index in [0.717, 1.165) is 0 Å². The molecule has 0 bridgehead atoms. The van der Waals surface area contributed by atoms with E-state index in [1.54, 1.807) is 0 Å². The number of Topliss-reactive ketones (excluding diaryl/α,β-unsaturated/α-hetero) is 1. The van der Waals surface area contributed by atoms with E-state index in [1.807, 2.05) is 0 Å². The summed E-state index contributed by atoms with van der Waals surface area (Å²) >= 11 is 0. The maximum Gasteiger partial charge on any atom is 0.371 e. The number of allylic oxidation sites excluding steroid dienone is 2. The van der Waals surface area contributed by atoms with Crippen molar-refractivity contribution in [1.29, 1.82) is 0 Å². The molecule has 0 amide bonds. The molecule has 1 rings (SSSR count). The summed E-state index contributed by atoms with van der Waals surface area (Å²) in [6.07, 6.45) is 0. The molecular weight excluding hydrogens is 161 g/mol. The zero-order valence-corrected chi connectivity index (χ0v) is 5.66.